The van der Waals surface area contributed by atoms with Crippen molar-refractivity contribution in [2.24, 2.45) is 0 Å². The van der Waals surface area contributed by atoms with E-state index in [1.54, 1.807) is 12.1 Å². The molecule has 1 saturated heterocycles. The van der Waals surface area contributed by atoms with Crippen LogP contribution >= 0.6 is 11.3 Å². The summed E-state index contributed by atoms with van der Waals surface area (Å²) in [6.07, 6.45) is 5.87. The Kier molecular flexibility index (Phi) is 7.63. The van der Waals surface area contributed by atoms with Gasteiger partial charge in [0.25, 0.3) is 0 Å². The number of sulfone groups is 1. The molecule has 0 bridgehead atoms. The minimum atomic E-state index is -3.21. The SMILES string of the molecule is CS(=O)(=O)c1ccc(OCCCC(=O)Nc2nc(CN3CCCCC3)cs2)cc1. The molecule has 0 radical (unpaired) electrons. The molecule has 2 aromatic rings. The zero-order valence-electron chi connectivity index (χ0n) is 16.6. The molecule has 1 fully saturated rings. The van der Waals surface area contributed by atoms with E-state index in [-0.39, 0.29) is 10.8 Å². The van der Waals surface area contributed by atoms with E-state index in [0.717, 1.165) is 25.3 Å². The van der Waals surface area contributed by atoms with Crippen molar-refractivity contribution < 1.29 is 17.9 Å². The summed E-state index contributed by atoms with van der Waals surface area (Å²) in [5, 5.41) is 5.50. The van der Waals surface area contributed by atoms with Crippen LogP contribution < -0.4 is 10.1 Å². The molecule has 0 aliphatic carbocycles. The number of hydrogen-bond acceptors (Lipinski definition) is 7. The van der Waals surface area contributed by atoms with E-state index in [4.69, 9.17) is 4.74 Å². The molecule has 1 amide bonds. The summed E-state index contributed by atoms with van der Waals surface area (Å²) in [7, 11) is -3.21. The van der Waals surface area contributed by atoms with Crippen LogP contribution in [0.3, 0.4) is 0 Å². The molecule has 1 aromatic heterocycles. The number of thiazole rings is 1. The Balaban J connectivity index is 1.36. The molecule has 1 aromatic carbocycles. The number of amides is 1. The van der Waals surface area contributed by atoms with Crippen LogP contribution in [0.1, 0.15) is 37.8 Å². The number of carbonyl (C=O) groups is 1. The van der Waals surface area contributed by atoms with Crippen molar-refractivity contribution in [3.05, 3.63) is 35.3 Å². The van der Waals surface area contributed by atoms with Crippen molar-refractivity contribution in [2.45, 2.75) is 43.5 Å². The Bertz CT molecular complexity index is 904. The van der Waals surface area contributed by atoms with E-state index in [9.17, 15) is 13.2 Å². The smallest absolute Gasteiger partial charge is 0.226 e. The van der Waals surface area contributed by atoms with Gasteiger partial charge in [-0.05, 0) is 56.6 Å². The summed E-state index contributed by atoms with van der Waals surface area (Å²) >= 11 is 1.46. The maximum atomic E-state index is 12.1. The standard InChI is InChI=1S/C20H27N3O4S2/c1-29(25,26)18-9-7-17(8-10-18)27-13-5-6-19(24)22-20-21-16(15-28-20)14-23-11-3-2-4-12-23/h7-10,15H,2-6,11-14H2,1H3,(H,21,22,24). The fourth-order valence-electron chi connectivity index (χ4n) is 3.17. The number of hydrogen-bond donors (Lipinski definition) is 1. The summed E-state index contributed by atoms with van der Waals surface area (Å²) in [4.78, 5) is 19.3. The number of nitrogens with zero attached hydrogens (tertiary/aromatic N) is 2. The second-order valence-electron chi connectivity index (χ2n) is 7.22. The molecule has 1 aliphatic heterocycles. The highest BCUT2D eigenvalue weighted by Gasteiger charge is 2.13. The van der Waals surface area contributed by atoms with Crippen molar-refractivity contribution in [3.8, 4) is 5.75 Å². The molecule has 1 N–H and O–H groups in total. The predicted octanol–water partition coefficient (Wildman–Crippen LogP) is 3.33. The number of rotatable bonds is 9. The molecule has 29 heavy (non-hydrogen) atoms. The van der Waals surface area contributed by atoms with E-state index in [0.29, 0.717) is 30.3 Å². The van der Waals surface area contributed by atoms with Crippen LogP contribution in [0.15, 0.2) is 34.5 Å². The van der Waals surface area contributed by atoms with Gasteiger partial charge in [0.2, 0.25) is 5.91 Å². The first-order valence-electron chi connectivity index (χ1n) is 9.80. The van der Waals surface area contributed by atoms with Crippen LogP contribution in [0, 0.1) is 0 Å². The lowest BCUT2D eigenvalue weighted by Gasteiger charge is -2.25. The third-order valence-corrected chi connectivity index (χ3v) is 6.64. The topological polar surface area (TPSA) is 88.6 Å². The molecule has 0 unspecified atom stereocenters. The maximum Gasteiger partial charge on any atom is 0.226 e. The Hall–Kier alpha value is -1.97. The zero-order valence-corrected chi connectivity index (χ0v) is 18.2. The van der Waals surface area contributed by atoms with Crippen LogP contribution in [-0.4, -0.2) is 50.2 Å². The highest BCUT2D eigenvalue weighted by Crippen LogP contribution is 2.19. The van der Waals surface area contributed by atoms with Crippen LogP contribution in [0.25, 0.3) is 0 Å². The van der Waals surface area contributed by atoms with Gasteiger partial charge in [-0.15, -0.1) is 11.3 Å². The lowest BCUT2D eigenvalue weighted by Crippen LogP contribution is -2.29. The van der Waals surface area contributed by atoms with Gasteiger partial charge in [-0.25, -0.2) is 13.4 Å². The number of nitrogens with one attached hydrogen (secondary N) is 1. The summed E-state index contributed by atoms with van der Waals surface area (Å²) in [6.45, 7) is 3.47. The molecule has 1 aliphatic rings. The van der Waals surface area contributed by atoms with Gasteiger partial charge in [-0.2, -0.15) is 0 Å². The minimum absolute atomic E-state index is 0.0834. The van der Waals surface area contributed by atoms with Crippen molar-refractivity contribution in [3.63, 3.8) is 0 Å². The quantitative estimate of drug-likeness (QED) is 0.606. The average molecular weight is 438 g/mol. The summed E-state index contributed by atoms with van der Waals surface area (Å²) in [6, 6.07) is 6.27. The van der Waals surface area contributed by atoms with E-state index in [2.05, 4.69) is 15.2 Å². The second-order valence-corrected chi connectivity index (χ2v) is 10.1. The van der Waals surface area contributed by atoms with E-state index in [1.165, 1.54) is 49.0 Å². The fourth-order valence-corrected chi connectivity index (χ4v) is 4.52. The lowest BCUT2D eigenvalue weighted by molar-refractivity contribution is -0.116. The first kappa shape index (κ1) is 21.7. The molecule has 3 rings (SSSR count). The number of benzene rings is 1. The normalized spacial score (nSPS) is 15.2. The number of aromatic nitrogens is 1. The average Bonchev–Trinajstić information content (AvgIpc) is 3.12. The van der Waals surface area contributed by atoms with Crippen molar-refractivity contribution in [1.29, 1.82) is 0 Å². The molecule has 0 atom stereocenters. The summed E-state index contributed by atoms with van der Waals surface area (Å²) in [5.41, 5.74) is 1.01. The van der Waals surface area contributed by atoms with Crippen LogP contribution in [0.2, 0.25) is 0 Å². The third kappa shape index (κ3) is 7.09. The minimum Gasteiger partial charge on any atom is -0.494 e. The molecule has 2 heterocycles. The number of likely N-dealkylation sites (tertiary alicyclic amines) is 1. The first-order valence-corrected chi connectivity index (χ1v) is 12.6. The van der Waals surface area contributed by atoms with Crippen LogP contribution in [0.5, 0.6) is 5.75 Å². The van der Waals surface area contributed by atoms with Gasteiger partial charge >= 0.3 is 0 Å². The van der Waals surface area contributed by atoms with Crippen molar-refractivity contribution in [1.82, 2.24) is 9.88 Å². The van der Waals surface area contributed by atoms with Crippen molar-refractivity contribution in [2.75, 3.05) is 31.3 Å². The highest BCUT2D eigenvalue weighted by atomic mass is 32.2. The largest absolute Gasteiger partial charge is 0.494 e. The van der Waals surface area contributed by atoms with Gasteiger partial charge in [-0.1, -0.05) is 6.42 Å². The third-order valence-electron chi connectivity index (χ3n) is 4.70. The number of ether oxygens (including phenoxy) is 1. The van der Waals surface area contributed by atoms with Gasteiger partial charge < -0.3 is 10.1 Å². The summed E-state index contributed by atoms with van der Waals surface area (Å²) in [5.74, 6) is 0.500. The number of anilines is 1. The summed E-state index contributed by atoms with van der Waals surface area (Å²) < 4.78 is 28.4. The molecule has 7 nitrogen and oxygen atoms in total. The zero-order chi connectivity index (χ0) is 20.7. The van der Waals surface area contributed by atoms with Crippen LogP contribution in [-0.2, 0) is 21.2 Å². The Labute approximate surface area is 176 Å². The first-order chi connectivity index (χ1) is 13.9. The predicted molar refractivity (Wildman–Crippen MR) is 114 cm³/mol. The molecule has 9 heteroatoms. The maximum absolute atomic E-state index is 12.1. The Morgan fingerprint density at radius 1 is 1.21 bits per heavy atom. The number of carbonyl (C=O) groups excluding carboxylic acids is 1. The van der Waals surface area contributed by atoms with E-state index >= 15 is 0 Å². The van der Waals surface area contributed by atoms with Gasteiger partial charge in [0, 0.05) is 24.6 Å². The van der Waals surface area contributed by atoms with Crippen molar-refractivity contribution >= 4 is 32.2 Å². The molecular formula is C20H27N3O4S2. The molecular weight excluding hydrogens is 410 g/mol. The molecule has 0 spiro atoms. The van der Waals surface area contributed by atoms with Gasteiger partial charge in [-0.3, -0.25) is 9.69 Å². The Morgan fingerprint density at radius 2 is 1.93 bits per heavy atom. The Morgan fingerprint density at radius 3 is 2.62 bits per heavy atom. The van der Waals surface area contributed by atoms with Gasteiger partial charge in [0.15, 0.2) is 15.0 Å². The molecule has 0 saturated carbocycles. The molecule has 158 valence electrons. The number of piperidine rings is 1. The van der Waals surface area contributed by atoms with Crippen LogP contribution in [0.4, 0.5) is 5.13 Å². The van der Waals surface area contributed by atoms with E-state index in [1.807, 2.05) is 5.38 Å². The van der Waals surface area contributed by atoms with E-state index < -0.39 is 9.84 Å². The van der Waals surface area contributed by atoms with Gasteiger partial charge in [0.1, 0.15) is 5.75 Å². The highest BCUT2D eigenvalue weighted by molar-refractivity contribution is 7.90. The lowest BCUT2D eigenvalue weighted by atomic mass is 10.1. The fraction of sp³-hybridized carbons (Fsp3) is 0.500. The monoisotopic (exact) mass is 437 g/mol. The second kappa shape index (κ2) is 10.2. The van der Waals surface area contributed by atoms with Gasteiger partial charge in [0.05, 0.1) is 17.2 Å².